The summed E-state index contributed by atoms with van der Waals surface area (Å²) in [7, 11) is 0. The molecule has 4 heterocycles. The number of halogens is 3. The zero-order valence-corrected chi connectivity index (χ0v) is 18.4. The van der Waals surface area contributed by atoms with Gasteiger partial charge in [0.15, 0.2) is 0 Å². The Hall–Kier alpha value is -2.67. The van der Waals surface area contributed by atoms with Crippen molar-refractivity contribution in [2.75, 3.05) is 46.2 Å². The molecule has 0 unspecified atom stereocenters. The first-order chi connectivity index (χ1) is 16.3. The third-order valence-electron chi connectivity index (χ3n) is 5.85. The number of furan rings is 1. The molecule has 0 radical (unpaired) electrons. The molecular weight excluding hydrogens is 459 g/mol. The van der Waals surface area contributed by atoms with E-state index in [1.54, 1.807) is 17.8 Å². The van der Waals surface area contributed by atoms with Crippen LogP contribution in [-0.2, 0) is 31.7 Å². The van der Waals surface area contributed by atoms with Crippen molar-refractivity contribution in [3.8, 4) is 0 Å². The molecule has 0 saturated carbocycles. The number of nitrogens with zero attached hydrogens (tertiary/aromatic N) is 2. The number of aromatic nitrogens is 2. The summed E-state index contributed by atoms with van der Waals surface area (Å²) >= 11 is 0. The predicted octanol–water partition coefficient (Wildman–Crippen LogP) is 2.67. The van der Waals surface area contributed by atoms with E-state index in [1.807, 2.05) is 0 Å². The van der Waals surface area contributed by atoms with Crippen LogP contribution in [-0.4, -0.2) is 74.1 Å². The van der Waals surface area contributed by atoms with Crippen molar-refractivity contribution < 1.29 is 41.3 Å². The average molecular weight is 483 g/mol. The van der Waals surface area contributed by atoms with Crippen LogP contribution in [0.5, 0.6) is 0 Å². The van der Waals surface area contributed by atoms with Crippen molar-refractivity contribution in [1.29, 1.82) is 0 Å². The van der Waals surface area contributed by atoms with Crippen molar-refractivity contribution in [1.82, 2.24) is 15.1 Å². The molecule has 184 valence electrons. The molecular formula is C22H24F3N3O6. The lowest BCUT2D eigenvalue weighted by Gasteiger charge is -2.22. The zero-order valence-electron chi connectivity index (χ0n) is 18.4. The monoisotopic (exact) mass is 483 g/mol. The quantitative estimate of drug-likeness (QED) is 0.596. The van der Waals surface area contributed by atoms with Crippen LogP contribution in [0.15, 0.2) is 16.7 Å². The first kappa shape index (κ1) is 23.1. The highest BCUT2D eigenvalue weighted by molar-refractivity contribution is 6.10. The van der Waals surface area contributed by atoms with E-state index in [4.69, 9.17) is 23.4 Å². The average Bonchev–Trinajstić information content (AvgIpc) is 3.41. The molecule has 5 rings (SSSR count). The lowest BCUT2D eigenvalue weighted by atomic mass is 10.0. The number of fused-ring (bicyclic) bond motifs is 3. The summed E-state index contributed by atoms with van der Waals surface area (Å²) in [4.78, 5) is 12.8. The van der Waals surface area contributed by atoms with Gasteiger partial charge in [-0.25, -0.2) is 0 Å². The number of hydrogen-bond donors (Lipinski definition) is 1. The van der Waals surface area contributed by atoms with E-state index in [2.05, 4.69) is 10.4 Å². The molecule has 1 amide bonds. The molecule has 3 aromatic rings. The van der Waals surface area contributed by atoms with Crippen molar-refractivity contribution in [3.05, 3.63) is 29.2 Å². The Balaban J connectivity index is 1.52. The zero-order chi connectivity index (χ0) is 23.9. The standard InChI is InChI=1S/C22H24F3N3O6/c1-12-6-16-17(19-15(12)9-28(27-19)8-14-11-31-3-5-33-14)18(22(23,24)25)20(34-16)21(29)26-7-13-10-30-2-4-32-13/h6,9,13-14H,2-5,7-8,10-11H2,1H3,(H,26,29)/t13-,14+/m1/s1. The van der Waals surface area contributed by atoms with Crippen LogP contribution in [0.2, 0.25) is 0 Å². The Morgan fingerprint density at radius 2 is 1.85 bits per heavy atom. The normalized spacial score (nSPS) is 21.9. The molecule has 2 aliphatic heterocycles. The van der Waals surface area contributed by atoms with E-state index >= 15 is 0 Å². The third kappa shape index (κ3) is 4.50. The largest absolute Gasteiger partial charge is 0.450 e. The minimum Gasteiger partial charge on any atom is -0.450 e. The summed E-state index contributed by atoms with van der Waals surface area (Å²) in [6.45, 7) is 4.46. The summed E-state index contributed by atoms with van der Waals surface area (Å²) in [5.74, 6) is -1.78. The van der Waals surface area contributed by atoms with Gasteiger partial charge in [0.1, 0.15) is 22.8 Å². The van der Waals surface area contributed by atoms with E-state index < -0.39 is 29.5 Å². The van der Waals surface area contributed by atoms with Gasteiger partial charge in [0.25, 0.3) is 5.91 Å². The summed E-state index contributed by atoms with van der Waals surface area (Å²) in [6.07, 6.45) is -3.85. The number of hydrogen-bond acceptors (Lipinski definition) is 7. The molecule has 0 spiro atoms. The summed E-state index contributed by atoms with van der Waals surface area (Å²) in [5.41, 5.74) is -0.404. The highest BCUT2D eigenvalue weighted by atomic mass is 19.4. The fraction of sp³-hybridized carbons (Fsp3) is 0.545. The Morgan fingerprint density at radius 1 is 1.15 bits per heavy atom. The Bertz CT molecular complexity index is 1190. The first-order valence-electron chi connectivity index (χ1n) is 11.0. The maximum Gasteiger partial charge on any atom is 0.421 e. The number of rotatable bonds is 5. The number of carbonyl (C=O) groups is 1. The third-order valence-corrected chi connectivity index (χ3v) is 5.85. The smallest absolute Gasteiger partial charge is 0.421 e. The topological polar surface area (TPSA) is 97.0 Å². The van der Waals surface area contributed by atoms with Crippen LogP contribution in [0.3, 0.4) is 0 Å². The summed E-state index contributed by atoms with van der Waals surface area (Å²) in [5, 5.41) is 7.18. The number of amides is 1. The van der Waals surface area contributed by atoms with Crippen LogP contribution in [0, 0.1) is 6.92 Å². The van der Waals surface area contributed by atoms with Crippen molar-refractivity contribution in [2.24, 2.45) is 0 Å². The molecule has 9 nitrogen and oxygen atoms in total. The lowest BCUT2D eigenvalue weighted by Crippen LogP contribution is -2.40. The van der Waals surface area contributed by atoms with Crippen LogP contribution in [0.4, 0.5) is 13.2 Å². The second-order valence-electron chi connectivity index (χ2n) is 8.33. The van der Waals surface area contributed by atoms with Gasteiger partial charge in [0, 0.05) is 18.1 Å². The molecule has 0 bridgehead atoms. The number of alkyl halides is 3. The van der Waals surface area contributed by atoms with Gasteiger partial charge < -0.3 is 28.7 Å². The fourth-order valence-corrected chi connectivity index (χ4v) is 4.27. The first-order valence-corrected chi connectivity index (χ1v) is 11.0. The highest BCUT2D eigenvalue weighted by Crippen LogP contribution is 2.43. The van der Waals surface area contributed by atoms with Gasteiger partial charge >= 0.3 is 6.18 Å². The molecule has 0 aliphatic carbocycles. The molecule has 2 aliphatic rings. The second-order valence-corrected chi connectivity index (χ2v) is 8.33. The summed E-state index contributed by atoms with van der Waals surface area (Å²) < 4.78 is 71.4. The predicted molar refractivity (Wildman–Crippen MR) is 113 cm³/mol. The highest BCUT2D eigenvalue weighted by Gasteiger charge is 2.42. The maximum atomic E-state index is 14.2. The van der Waals surface area contributed by atoms with Gasteiger partial charge in [-0.15, -0.1) is 0 Å². The molecule has 2 saturated heterocycles. The maximum absolute atomic E-state index is 14.2. The van der Waals surface area contributed by atoms with Crippen molar-refractivity contribution >= 4 is 27.8 Å². The Morgan fingerprint density at radius 3 is 2.50 bits per heavy atom. The molecule has 12 heteroatoms. The van der Waals surface area contributed by atoms with Crippen LogP contribution in [0.1, 0.15) is 21.7 Å². The molecule has 2 aromatic heterocycles. The lowest BCUT2D eigenvalue weighted by molar-refractivity contribution is -0.137. The Kier molecular flexibility index (Phi) is 6.23. The second kappa shape index (κ2) is 9.17. The van der Waals surface area contributed by atoms with Gasteiger partial charge in [-0.2, -0.15) is 18.3 Å². The van der Waals surface area contributed by atoms with Crippen molar-refractivity contribution in [2.45, 2.75) is 31.9 Å². The van der Waals surface area contributed by atoms with Gasteiger partial charge in [0.05, 0.1) is 57.7 Å². The van der Waals surface area contributed by atoms with Gasteiger partial charge in [-0.05, 0) is 18.6 Å². The van der Waals surface area contributed by atoms with E-state index in [0.717, 1.165) is 0 Å². The van der Waals surface area contributed by atoms with Crippen LogP contribution >= 0.6 is 0 Å². The number of ether oxygens (including phenoxy) is 4. The molecule has 34 heavy (non-hydrogen) atoms. The molecule has 2 fully saturated rings. The SMILES string of the molecule is Cc1cc2oc(C(=O)NC[C@@H]3COCCO3)c(C(F)(F)F)c2c2nn(C[C@H]3COCCO3)cc12. The van der Waals surface area contributed by atoms with E-state index in [0.29, 0.717) is 50.5 Å². The van der Waals surface area contributed by atoms with Crippen LogP contribution in [0.25, 0.3) is 21.9 Å². The van der Waals surface area contributed by atoms with E-state index in [9.17, 15) is 18.0 Å². The van der Waals surface area contributed by atoms with Gasteiger partial charge in [-0.1, -0.05) is 0 Å². The van der Waals surface area contributed by atoms with Gasteiger partial charge in [-0.3, -0.25) is 9.48 Å². The van der Waals surface area contributed by atoms with E-state index in [1.165, 1.54) is 6.07 Å². The van der Waals surface area contributed by atoms with Gasteiger partial charge in [0.2, 0.25) is 5.76 Å². The molecule has 1 aromatic carbocycles. The fourth-order valence-electron chi connectivity index (χ4n) is 4.27. The minimum absolute atomic E-state index is 0.000297. The number of carbonyl (C=O) groups excluding carboxylic acids is 1. The van der Waals surface area contributed by atoms with Crippen molar-refractivity contribution in [3.63, 3.8) is 0 Å². The summed E-state index contributed by atoms with van der Waals surface area (Å²) in [6, 6.07) is 1.49. The minimum atomic E-state index is -4.84. The number of nitrogens with one attached hydrogen (secondary N) is 1. The number of aryl methyl sites for hydroxylation is 1. The molecule has 2 atom stereocenters. The van der Waals surface area contributed by atoms with Crippen LogP contribution < -0.4 is 5.32 Å². The van der Waals surface area contributed by atoms with E-state index in [-0.39, 0.29) is 35.7 Å². The number of benzene rings is 1. The molecule has 1 N–H and O–H groups in total. The Labute approximate surface area is 192 Å².